The summed E-state index contributed by atoms with van der Waals surface area (Å²) < 4.78 is 3.17. The Morgan fingerprint density at radius 2 is 1.74 bits per heavy atom. The first kappa shape index (κ1) is 17.3. The monoisotopic (exact) mass is 317 g/mol. The highest BCUT2D eigenvalue weighted by atomic mass is 16.2. The molecule has 0 N–H and O–H groups in total. The zero-order valence-corrected chi connectivity index (χ0v) is 14.6. The second-order valence-electron chi connectivity index (χ2n) is 6.03. The number of carbonyl (C=O) groups excluding carboxylic acids is 1. The molecule has 23 heavy (non-hydrogen) atoms. The summed E-state index contributed by atoms with van der Waals surface area (Å²) in [6, 6.07) is 7.59. The highest BCUT2D eigenvalue weighted by Gasteiger charge is 2.19. The molecule has 126 valence electrons. The van der Waals surface area contributed by atoms with Gasteiger partial charge in [0.05, 0.1) is 11.0 Å². The van der Waals surface area contributed by atoms with E-state index in [1.54, 1.807) is 16.2 Å². The maximum absolute atomic E-state index is 12.7. The van der Waals surface area contributed by atoms with Crippen LogP contribution in [0.2, 0.25) is 0 Å². The summed E-state index contributed by atoms with van der Waals surface area (Å²) >= 11 is 0. The second-order valence-corrected chi connectivity index (χ2v) is 6.03. The van der Waals surface area contributed by atoms with Crippen LogP contribution >= 0.6 is 0 Å². The fourth-order valence-corrected chi connectivity index (χ4v) is 3.02. The van der Waals surface area contributed by atoms with Gasteiger partial charge in [0.1, 0.15) is 6.54 Å². The lowest BCUT2D eigenvalue weighted by atomic mass is 10.0. The van der Waals surface area contributed by atoms with Crippen LogP contribution in [0.1, 0.15) is 33.6 Å². The molecule has 1 amide bonds. The number of hydrogen-bond acceptors (Lipinski definition) is 2. The first-order valence-corrected chi connectivity index (χ1v) is 8.45. The predicted molar refractivity (Wildman–Crippen MR) is 93.5 cm³/mol. The average Bonchev–Trinajstić information content (AvgIpc) is 2.81. The molecular weight excluding hydrogens is 290 g/mol. The molecule has 0 saturated heterocycles. The van der Waals surface area contributed by atoms with Crippen molar-refractivity contribution in [3.05, 3.63) is 34.7 Å². The van der Waals surface area contributed by atoms with Gasteiger partial charge in [0.2, 0.25) is 5.91 Å². The van der Waals surface area contributed by atoms with E-state index in [0.29, 0.717) is 12.5 Å². The van der Waals surface area contributed by atoms with Gasteiger partial charge in [0.15, 0.2) is 0 Å². The van der Waals surface area contributed by atoms with Crippen molar-refractivity contribution in [1.82, 2.24) is 14.0 Å². The van der Waals surface area contributed by atoms with E-state index in [1.165, 1.54) is 0 Å². The van der Waals surface area contributed by atoms with Crippen molar-refractivity contribution >= 4 is 16.9 Å². The number of nitrogens with zero attached hydrogens (tertiary/aromatic N) is 3. The number of hydrogen-bond donors (Lipinski definition) is 0. The van der Waals surface area contributed by atoms with Gasteiger partial charge in [-0.05, 0) is 25.0 Å². The van der Waals surface area contributed by atoms with Gasteiger partial charge < -0.3 is 4.90 Å². The van der Waals surface area contributed by atoms with Crippen molar-refractivity contribution in [1.29, 1.82) is 0 Å². The van der Waals surface area contributed by atoms with E-state index in [0.717, 1.165) is 30.4 Å². The summed E-state index contributed by atoms with van der Waals surface area (Å²) in [6.45, 7) is 7.85. The third kappa shape index (κ3) is 3.49. The average molecular weight is 317 g/mol. The molecular formula is C18H27N3O2. The van der Waals surface area contributed by atoms with Crippen molar-refractivity contribution in [3.63, 3.8) is 0 Å². The van der Waals surface area contributed by atoms with E-state index in [1.807, 2.05) is 36.1 Å². The SMILES string of the molecule is CCC(CC)CN(CC)C(=O)Cn1c(=O)n(C)c2ccccc21. The van der Waals surface area contributed by atoms with Gasteiger partial charge in [-0.3, -0.25) is 13.9 Å². The van der Waals surface area contributed by atoms with Crippen molar-refractivity contribution in [2.24, 2.45) is 13.0 Å². The van der Waals surface area contributed by atoms with Crippen LogP contribution in [-0.4, -0.2) is 33.0 Å². The van der Waals surface area contributed by atoms with Crippen LogP contribution in [0.3, 0.4) is 0 Å². The van der Waals surface area contributed by atoms with E-state index >= 15 is 0 Å². The molecule has 0 radical (unpaired) electrons. The Morgan fingerprint density at radius 3 is 2.30 bits per heavy atom. The largest absolute Gasteiger partial charge is 0.341 e. The fourth-order valence-electron chi connectivity index (χ4n) is 3.02. The molecule has 0 fully saturated rings. The molecule has 1 heterocycles. The molecule has 2 rings (SSSR count). The van der Waals surface area contributed by atoms with Gasteiger partial charge >= 0.3 is 5.69 Å². The standard InChI is InChI=1S/C18H27N3O2/c1-5-14(6-2)12-20(7-3)17(22)13-21-16-11-9-8-10-15(16)19(4)18(21)23/h8-11,14H,5-7,12-13H2,1-4H3. The van der Waals surface area contributed by atoms with Gasteiger partial charge in [-0.25, -0.2) is 4.79 Å². The topological polar surface area (TPSA) is 47.2 Å². The Balaban J connectivity index is 2.26. The number of rotatable bonds is 7. The van der Waals surface area contributed by atoms with Gasteiger partial charge in [-0.15, -0.1) is 0 Å². The number of imidazole rings is 1. The third-order valence-electron chi connectivity index (χ3n) is 4.71. The van der Waals surface area contributed by atoms with Gasteiger partial charge in [0, 0.05) is 20.1 Å². The van der Waals surface area contributed by atoms with Crippen LogP contribution in [0.25, 0.3) is 11.0 Å². The minimum Gasteiger partial charge on any atom is -0.341 e. The third-order valence-corrected chi connectivity index (χ3v) is 4.71. The van der Waals surface area contributed by atoms with Crippen LogP contribution in [0.15, 0.2) is 29.1 Å². The van der Waals surface area contributed by atoms with Crippen molar-refractivity contribution < 1.29 is 4.79 Å². The van der Waals surface area contributed by atoms with Crippen molar-refractivity contribution in [3.8, 4) is 0 Å². The normalized spacial score (nSPS) is 11.3. The highest BCUT2D eigenvalue weighted by molar-refractivity contribution is 5.81. The zero-order valence-electron chi connectivity index (χ0n) is 14.6. The Labute approximate surface area is 137 Å². The van der Waals surface area contributed by atoms with Gasteiger partial charge in [-0.1, -0.05) is 38.8 Å². The molecule has 0 saturated carbocycles. The second kappa shape index (κ2) is 7.49. The smallest absolute Gasteiger partial charge is 0.329 e. The van der Waals surface area contributed by atoms with Gasteiger partial charge in [-0.2, -0.15) is 0 Å². The lowest BCUT2D eigenvalue weighted by molar-refractivity contribution is -0.132. The molecule has 0 bridgehead atoms. The Morgan fingerprint density at radius 1 is 1.13 bits per heavy atom. The lowest BCUT2D eigenvalue weighted by Gasteiger charge is -2.25. The molecule has 1 aromatic heterocycles. The van der Waals surface area contributed by atoms with E-state index in [4.69, 9.17) is 0 Å². The first-order valence-electron chi connectivity index (χ1n) is 8.45. The molecule has 0 aliphatic heterocycles. The Hall–Kier alpha value is -2.04. The van der Waals surface area contributed by atoms with E-state index in [9.17, 15) is 9.59 Å². The van der Waals surface area contributed by atoms with Crippen LogP contribution in [0.4, 0.5) is 0 Å². The number of para-hydroxylation sites is 2. The summed E-state index contributed by atoms with van der Waals surface area (Å²) in [6.07, 6.45) is 2.13. The zero-order chi connectivity index (χ0) is 17.0. The number of likely N-dealkylation sites (N-methyl/N-ethyl adjacent to an activating group) is 1. The van der Waals surface area contributed by atoms with E-state index in [-0.39, 0.29) is 18.1 Å². The quantitative estimate of drug-likeness (QED) is 0.788. The molecule has 2 aromatic rings. The number of amides is 1. The predicted octanol–water partition coefficient (Wildman–Crippen LogP) is 2.62. The van der Waals surface area contributed by atoms with E-state index in [2.05, 4.69) is 13.8 Å². The summed E-state index contributed by atoms with van der Waals surface area (Å²) in [5.74, 6) is 0.529. The number of fused-ring (bicyclic) bond motifs is 1. The Bertz CT molecular complexity index is 725. The summed E-state index contributed by atoms with van der Waals surface area (Å²) in [7, 11) is 1.74. The van der Waals surface area contributed by atoms with Crippen LogP contribution in [-0.2, 0) is 18.4 Å². The summed E-state index contributed by atoms with van der Waals surface area (Å²) in [5.41, 5.74) is 1.53. The highest BCUT2D eigenvalue weighted by Crippen LogP contribution is 2.13. The molecule has 0 unspecified atom stereocenters. The minimum atomic E-state index is -0.141. The first-order chi connectivity index (χ1) is 11.0. The lowest BCUT2D eigenvalue weighted by Crippen LogP contribution is -2.39. The molecule has 0 atom stereocenters. The van der Waals surface area contributed by atoms with E-state index < -0.39 is 0 Å². The summed E-state index contributed by atoms with van der Waals surface area (Å²) in [5, 5.41) is 0. The number of aryl methyl sites for hydroxylation is 1. The molecule has 0 aliphatic rings. The molecule has 0 spiro atoms. The van der Waals surface area contributed by atoms with Crippen LogP contribution in [0.5, 0.6) is 0 Å². The van der Waals surface area contributed by atoms with Crippen molar-refractivity contribution in [2.45, 2.75) is 40.2 Å². The van der Waals surface area contributed by atoms with Crippen LogP contribution in [0, 0.1) is 5.92 Å². The Kier molecular flexibility index (Phi) is 5.64. The molecule has 5 heteroatoms. The number of benzene rings is 1. The number of aromatic nitrogens is 2. The van der Waals surface area contributed by atoms with Crippen LogP contribution < -0.4 is 5.69 Å². The molecule has 0 aliphatic carbocycles. The summed E-state index contributed by atoms with van der Waals surface area (Å²) in [4.78, 5) is 27.0. The van der Waals surface area contributed by atoms with Gasteiger partial charge in [0.25, 0.3) is 0 Å². The maximum Gasteiger partial charge on any atom is 0.329 e. The molecule has 5 nitrogen and oxygen atoms in total. The fraction of sp³-hybridized carbons (Fsp3) is 0.556. The maximum atomic E-state index is 12.7. The molecule has 1 aromatic carbocycles. The minimum absolute atomic E-state index is 0.0119. The number of carbonyl (C=O) groups is 1. The van der Waals surface area contributed by atoms with Crippen molar-refractivity contribution in [2.75, 3.05) is 13.1 Å².